The Labute approximate surface area is 118 Å². The first kappa shape index (κ1) is 17.1. The molecule has 0 aromatic carbocycles. The molecule has 0 bridgehead atoms. The van der Waals surface area contributed by atoms with Gasteiger partial charge in [-0.2, -0.15) is 0 Å². The topological polar surface area (TPSA) is 54.0 Å². The van der Waals surface area contributed by atoms with Crippen molar-refractivity contribution in [1.82, 2.24) is 15.6 Å². The molecule has 1 unspecified atom stereocenters. The second kappa shape index (κ2) is 8.24. The van der Waals surface area contributed by atoms with Crippen LogP contribution in [0.2, 0.25) is 0 Å². The van der Waals surface area contributed by atoms with Crippen LogP contribution in [0.5, 0.6) is 0 Å². The predicted octanol–water partition coefficient (Wildman–Crippen LogP) is 1.40. The molecular weight excluding hydrogens is 280 g/mol. The van der Waals surface area contributed by atoms with Crippen LogP contribution in [0, 0.1) is 11.7 Å². The van der Waals surface area contributed by atoms with E-state index in [0.29, 0.717) is 12.5 Å². The van der Waals surface area contributed by atoms with Crippen molar-refractivity contribution < 1.29 is 9.18 Å². The smallest absolute Gasteiger partial charge is 0.252 e. The Morgan fingerprint density at radius 3 is 2.89 bits per heavy atom. The first-order valence-electron chi connectivity index (χ1n) is 5.35. The number of nitrogens with one attached hydrogen (secondary N) is 2. The number of hydrogen-bond donors (Lipinski definition) is 2. The maximum absolute atomic E-state index is 12.8. The van der Waals surface area contributed by atoms with Crippen LogP contribution in [-0.2, 0) is 0 Å². The lowest BCUT2D eigenvalue weighted by Crippen LogP contribution is -2.30. The van der Waals surface area contributed by atoms with E-state index in [1.54, 1.807) is 0 Å². The molecule has 2 heterocycles. The molecule has 18 heavy (non-hydrogen) atoms. The Morgan fingerprint density at radius 1 is 1.50 bits per heavy atom. The molecule has 0 aliphatic carbocycles. The minimum absolute atomic E-state index is 0. The average Bonchev–Trinajstić information content (AvgIpc) is 2.78. The highest BCUT2D eigenvalue weighted by atomic mass is 35.5. The van der Waals surface area contributed by atoms with Crippen LogP contribution >= 0.6 is 24.8 Å². The molecule has 0 spiro atoms. The summed E-state index contributed by atoms with van der Waals surface area (Å²) in [5.74, 6) is -0.278. The fraction of sp³-hybridized carbons (Fsp3) is 0.455. The number of pyridine rings is 1. The van der Waals surface area contributed by atoms with Crippen LogP contribution < -0.4 is 10.6 Å². The maximum atomic E-state index is 12.8. The third-order valence-corrected chi connectivity index (χ3v) is 2.68. The van der Waals surface area contributed by atoms with E-state index in [0.717, 1.165) is 25.7 Å². The fourth-order valence-electron chi connectivity index (χ4n) is 1.76. The molecule has 102 valence electrons. The first-order valence-corrected chi connectivity index (χ1v) is 5.35. The van der Waals surface area contributed by atoms with Crippen LogP contribution in [-0.4, -0.2) is 30.5 Å². The van der Waals surface area contributed by atoms with Crippen LogP contribution in [0.3, 0.4) is 0 Å². The lowest BCUT2D eigenvalue weighted by atomic mass is 10.1. The number of nitrogens with zero attached hydrogens (tertiary/aromatic N) is 1. The Bertz CT molecular complexity index is 386. The summed E-state index contributed by atoms with van der Waals surface area (Å²) in [7, 11) is 0. The molecule has 2 rings (SSSR count). The van der Waals surface area contributed by atoms with Crippen molar-refractivity contribution in [2.45, 2.75) is 6.42 Å². The van der Waals surface area contributed by atoms with Gasteiger partial charge in [0.1, 0.15) is 5.82 Å². The van der Waals surface area contributed by atoms with E-state index in [1.165, 1.54) is 12.3 Å². The van der Waals surface area contributed by atoms with Gasteiger partial charge in [-0.15, -0.1) is 24.8 Å². The third kappa shape index (κ3) is 4.76. The summed E-state index contributed by atoms with van der Waals surface area (Å²) in [6, 6.07) is 1.19. The van der Waals surface area contributed by atoms with Crippen LogP contribution in [0.4, 0.5) is 4.39 Å². The van der Waals surface area contributed by atoms with Crippen LogP contribution in [0.15, 0.2) is 18.5 Å². The number of rotatable bonds is 3. The van der Waals surface area contributed by atoms with Crippen molar-refractivity contribution in [3.8, 4) is 0 Å². The lowest BCUT2D eigenvalue weighted by molar-refractivity contribution is 0.0947. The van der Waals surface area contributed by atoms with Crippen molar-refractivity contribution in [1.29, 1.82) is 0 Å². The Morgan fingerprint density at radius 2 is 2.28 bits per heavy atom. The largest absolute Gasteiger partial charge is 0.352 e. The molecule has 0 saturated carbocycles. The van der Waals surface area contributed by atoms with Crippen molar-refractivity contribution >= 4 is 30.7 Å². The molecule has 1 aliphatic heterocycles. The van der Waals surface area contributed by atoms with Gasteiger partial charge in [-0.3, -0.25) is 9.78 Å². The summed E-state index contributed by atoms with van der Waals surface area (Å²) < 4.78 is 12.8. The Balaban J connectivity index is 0.00000144. The quantitative estimate of drug-likeness (QED) is 0.886. The summed E-state index contributed by atoms with van der Waals surface area (Å²) >= 11 is 0. The van der Waals surface area contributed by atoms with E-state index in [4.69, 9.17) is 0 Å². The Kier molecular flexibility index (Phi) is 7.82. The van der Waals surface area contributed by atoms with Gasteiger partial charge in [-0.25, -0.2) is 4.39 Å². The van der Waals surface area contributed by atoms with Gasteiger partial charge >= 0.3 is 0 Å². The molecular formula is C11H16Cl2FN3O. The second-order valence-corrected chi connectivity index (χ2v) is 3.96. The molecule has 7 heteroatoms. The summed E-state index contributed by atoms with van der Waals surface area (Å²) in [4.78, 5) is 15.3. The molecule has 0 radical (unpaired) electrons. The summed E-state index contributed by atoms with van der Waals surface area (Å²) in [5, 5.41) is 6.00. The second-order valence-electron chi connectivity index (χ2n) is 3.96. The van der Waals surface area contributed by atoms with Gasteiger partial charge in [-0.05, 0) is 31.5 Å². The minimum Gasteiger partial charge on any atom is -0.352 e. The van der Waals surface area contributed by atoms with Gasteiger partial charge in [0.05, 0.1) is 11.8 Å². The highest BCUT2D eigenvalue weighted by Gasteiger charge is 2.15. The maximum Gasteiger partial charge on any atom is 0.252 e. The molecule has 1 aliphatic rings. The number of carbonyl (C=O) groups is 1. The van der Waals surface area contributed by atoms with Gasteiger partial charge in [0.2, 0.25) is 0 Å². The van der Waals surface area contributed by atoms with Gasteiger partial charge in [0, 0.05) is 12.7 Å². The van der Waals surface area contributed by atoms with E-state index >= 15 is 0 Å². The monoisotopic (exact) mass is 295 g/mol. The molecule has 1 saturated heterocycles. The highest BCUT2D eigenvalue weighted by Crippen LogP contribution is 2.06. The van der Waals surface area contributed by atoms with Crippen molar-refractivity contribution in [3.05, 3.63) is 29.8 Å². The molecule has 1 aromatic rings. The van der Waals surface area contributed by atoms with E-state index in [9.17, 15) is 9.18 Å². The zero-order valence-electron chi connectivity index (χ0n) is 9.69. The first-order chi connectivity index (χ1) is 7.75. The van der Waals surface area contributed by atoms with Crippen molar-refractivity contribution in [3.63, 3.8) is 0 Å². The molecule has 1 amide bonds. The molecule has 2 N–H and O–H groups in total. The zero-order valence-corrected chi connectivity index (χ0v) is 11.3. The van der Waals surface area contributed by atoms with Gasteiger partial charge in [0.15, 0.2) is 0 Å². The van der Waals surface area contributed by atoms with Gasteiger partial charge < -0.3 is 10.6 Å². The minimum atomic E-state index is -0.491. The zero-order chi connectivity index (χ0) is 11.4. The lowest BCUT2D eigenvalue weighted by Gasteiger charge is -2.09. The molecule has 1 aromatic heterocycles. The highest BCUT2D eigenvalue weighted by molar-refractivity contribution is 5.93. The van der Waals surface area contributed by atoms with E-state index in [1.807, 2.05) is 0 Å². The number of aromatic nitrogens is 1. The summed E-state index contributed by atoms with van der Waals surface area (Å²) in [6.07, 6.45) is 3.52. The summed E-state index contributed by atoms with van der Waals surface area (Å²) in [6.45, 7) is 2.56. The number of carbonyl (C=O) groups excluding carboxylic acids is 1. The van der Waals surface area contributed by atoms with Crippen LogP contribution in [0.1, 0.15) is 16.8 Å². The third-order valence-electron chi connectivity index (χ3n) is 2.68. The fourth-order valence-corrected chi connectivity index (χ4v) is 1.76. The van der Waals surface area contributed by atoms with E-state index < -0.39 is 5.82 Å². The number of halogens is 3. The van der Waals surface area contributed by atoms with Gasteiger partial charge in [0.25, 0.3) is 5.91 Å². The number of hydrogen-bond acceptors (Lipinski definition) is 3. The van der Waals surface area contributed by atoms with Gasteiger partial charge in [-0.1, -0.05) is 0 Å². The van der Waals surface area contributed by atoms with E-state index in [2.05, 4.69) is 15.6 Å². The molecule has 1 fully saturated rings. The van der Waals surface area contributed by atoms with Crippen LogP contribution in [0.25, 0.3) is 0 Å². The van der Waals surface area contributed by atoms with Crippen molar-refractivity contribution in [2.75, 3.05) is 19.6 Å². The number of amides is 1. The normalized spacial score (nSPS) is 17.5. The standard InChI is InChI=1S/C11H14FN3O.2ClH/c12-10-3-9(6-14-7-10)11(16)15-5-8-1-2-13-4-8;;/h3,6-8,13H,1-2,4-5H2,(H,15,16);2*1H. The predicted molar refractivity (Wildman–Crippen MR) is 72.0 cm³/mol. The molecule has 1 atom stereocenters. The average molecular weight is 296 g/mol. The van der Waals surface area contributed by atoms with E-state index in [-0.39, 0.29) is 36.3 Å². The SMILES string of the molecule is Cl.Cl.O=C(NCC1CCNC1)c1cncc(F)c1. The Hall–Kier alpha value is -0.910. The summed E-state index contributed by atoms with van der Waals surface area (Å²) in [5.41, 5.74) is 0.269. The molecule has 4 nitrogen and oxygen atoms in total. The van der Waals surface area contributed by atoms with Crippen molar-refractivity contribution in [2.24, 2.45) is 5.92 Å².